The van der Waals surface area contributed by atoms with Gasteiger partial charge in [0.1, 0.15) is 30.6 Å². The van der Waals surface area contributed by atoms with Gasteiger partial charge < -0.3 is 35.1 Å². The molecule has 0 saturated carbocycles. The van der Waals surface area contributed by atoms with Crippen LogP contribution >= 0.6 is 0 Å². The van der Waals surface area contributed by atoms with Gasteiger partial charge in [0, 0.05) is 51.4 Å². The van der Waals surface area contributed by atoms with Crippen LogP contribution in [0, 0.1) is 11.3 Å². The zero-order valence-electron chi connectivity index (χ0n) is 29.3. The van der Waals surface area contributed by atoms with Crippen molar-refractivity contribution in [3.8, 4) is 22.9 Å². The summed E-state index contributed by atoms with van der Waals surface area (Å²) >= 11 is 0. The number of fused-ring (bicyclic) bond motifs is 2. The molecular formula is C38H47N5O8. The minimum absolute atomic E-state index is 0.0793. The Labute approximate surface area is 298 Å². The third-order valence-corrected chi connectivity index (χ3v) is 7.88. The number of ether oxygens (including phenoxy) is 3. The molecule has 3 atom stereocenters. The number of carbonyl (C=O) groups is 3. The first-order chi connectivity index (χ1) is 24.4. The maximum atomic E-state index is 11.8. The zero-order chi connectivity index (χ0) is 36.8. The van der Waals surface area contributed by atoms with Crippen LogP contribution in [-0.4, -0.2) is 121 Å². The lowest BCUT2D eigenvalue weighted by Crippen LogP contribution is -2.61. The Morgan fingerprint density at radius 3 is 2.10 bits per heavy atom. The summed E-state index contributed by atoms with van der Waals surface area (Å²) in [5.74, 6) is -0.811. The van der Waals surface area contributed by atoms with Crippen molar-refractivity contribution in [2.75, 3.05) is 59.0 Å². The Morgan fingerprint density at radius 2 is 1.51 bits per heavy atom. The van der Waals surface area contributed by atoms with Crippen molar-refractivity contribution in [1.29, 1.82) is 5.26 Å². The van der Waals surface area contributed by atoms with Gasteiger partial charge in [-0.05, 0) is 68.3 Å². The standard InChI is InChI=1S/C23H34N4O5.C15H13NO3/c1-23(2,3)32-22(29)25-8-9-26-12-20-14-27(15-21(13-26)31-20)11-18(28)16-30-19-6-4-17(10-24)5-7-19;17-14(18)10-16-15(19)13-8-6-12(7-9-13)11-4-2-1-3-5-11/h4-7,18,20-21,28H,8-9,11-16H2,1-3H3,(H,25,29);1-9H,10H2,(H,16,19)(H,17,18)/t18-,20?,21?;/m0./s1. The van der Waals surface area contributed by atoms with E-state index in [2.05, 4.69) is 26.5 Å². The van der Waals surface area contributed by atoms with Gasteiger partial charge in [-0.25, -0.2) is 4.79 Å². The van der Waals surface area contributed by atoms with E-state index < -0.39 is 23.8 Å². The van der Waals surface area contributed by atoms with Gasteiger partial charge in [0.05, 0.1) is 23.8 Å². The Balaban J connectivity index is 0.000000261. The van der Waals surface area contributed by atoms with Gasteiger partial charge in [0.25, 0.3) is 5.91 Å². The van der Waals surface area contributed by atoms with Crippen LogP contribution in [0.15, 0.2) is 78.9 Å². The number of benzene rings is 3. The first-order valence-electron chi connectivity index (χ1n) is 16.9. The number of amides is 2. The molecule has 0 radical (unpaired) electrons. The second kappa shape index (κ2) is 18.8. The summed E-state index contributed by atoms with van der Waals surface area (Å²) in [5.41, 5.74) is 2.60. The SMILES string of the molecule is CC(C)(C)OC(=O)NCCN1CC2CN(C[C@H](O)COc3ccc(C#N)cc3)CC(C1)O2.O=C(O)CNC(=O)c1ccc(-c2ccccc2)cc1. The van der Waals surface area contributed by atoms with Crippen LogP contribution in [0.4, 0.5) is 4.79 Å². The summed E-state index contributed by atoms with van der Waals surface area (Å²) < 4.78 is 17.0. The highest BCUT2D eigenvalue weighted by molar-refractivity contribution is 5.96. The molecule has 5 rings (SSSR count). The quantitative estimate of drug-likeness (QED) is 0.218. The number of nitrogens with zero attached hydrogens (tertiary/aromatic N) is 3. The Morgan fingerprint density at radius 1 is 0.902 bits per heavy atom. The highest BCUT2D eigenvalue weighted by atomic mass is 16.6. The predicted octanol–water partition coefficient (Wildman–Crippen LogP) is 3.38. The number of aliphatic hydroxyl groups is 1. The molecule has 2 aliphatic heterocycles. The molecule has 2 saturated heterocycles. The van der Waals surface area contributed by atoms with E-state index in [9.17, 15) is 19.5 Å². The third-order valence-electron chi connectivity index (χ3n) is 7.88. The number of alkyl carbamates (subject to hydrolysis) is 1. The highest BCUT2D eigenvalue weighted by Gasteiger charge is 2.35. The average Bonchev–Trinajstić information content (AvgIpc) is 3.09. The second-order valence-electron chi connectivity index (χ2n) is 13.4. The van der Waals surface area contributed by atoms with Gasteiger partial charge >= 0.3 is 12.1 Å². The van der Waals surface area contributed by atoms with Crippen molar-refractivity contribution in [3.63, 3.8) is 0 Å². The van der Waals surface area contributed by atoms with Crippen LogP contribution in [0.25, 0.3) is 11.1 Å². The summed E-state index contributed by atoms with van der Waals surface area (Å²) in [7, 11) is 0. The molecule has 2 unspecified atom stereocenters. The van der Waals surface area contributed by atoms with Crippen LogP contribution in [0.1, 0.15) is 36.7 Å². The van der Waals surface area contributed by atoms with Gasteiger partial charge in [-0.1, -0.05) is 42.5 Å². The molecule has 2 fully saturated rings. The first-order valence-corrected chi connectivity index (χ1v) is 16.9. The van der Waals surface area contributed by atoms with Crippen LogP contribution in [0.5, 0.6) is 5.75 Å². The Bertz CT molecular complexity index is 1590. The highest BCUT2D eigenvalue weighted by Crippen LogP contribution is 2.21. The topological polar surface area (TPSA) is 174 Å². The first kappa shape index (κ1) is 38.8. The fourth-order valence-corrected chi connectivity index (χ4v) is 5.69. The lowest BCUT2D eigenvalue weighted by molar-refractivity contribution is -0.142. The van der Waals surface area contributed by atoms with Gasteiger partial charge in [-0.2, -0.15) is 5.26 Å². The number of aliphatic hydroxyl groups excluding tert-OH is 1. The van der Waals surface area contributed by atoms with E-state index in [1.807, 2.05) is 63.2 Å². The number of nitrogens with one attached hydrogen (secondary N) is 2. The number of rotatable bonds is 12. The molecule has 13 heteroatoms. The van der Waals surface area contributed by atoms with Gasteiger partial charge in [-0.15, -0.1) is 0 Å². The van der Waals surface area contributed by atoms with Crippen molar-refractivity contribution in [1.82, 2.24) is 20.4 Å². The van der Waals surface area contributed by atoms with E-state index in [1.54, 1.807) is 36.4 Å². The molecule has 0 spiro atoms. The zero-order valence-corrected chi connectivity index (χ0v) is 29.3. The summed E-state index contributed by atoms with van der Waals surface area (Å²) in [4.78, 5) is 38.3. The lowest BCUT2D eigenvalue weighted by atomic mass is 10.0. The number of aliphatic carboxylic acids is 1. The minimum atomic E-state index is -1.06. The Kier molecular flexibility index (Phi) is 14.3. The van der Waals surface area contributed by atoms with Crippen molar-refractivity contribution < 1.29 is 38.8 Å². The Hall–Kier alpha value is -5.00. The summed E-state index contributed by atoms with van der Waals surface area (Å²) in [6.45, 7) is 10.2. The van der Waals surface area contributed by atoms with Gasteiger partial charge in [-0.3, -0.25) is 19.4 Å². The van der Waals surface area contributed by atoms with E-state index >= 15 is 0 Å². The monoisotopic (exact) mass is 701 g/mol. The fraction of sp³-hybridized carbons (Fsp3) is 0.421. The van der Waals surface area contributed by atoms with E-state index in [0.29, 0.717) is 30.0 Å². The maximum Gasteiger partial charge on any atom is 0.407 e. The number of nitriles is 1. The molecule has 0 aromatic heterocycles. The van der Waals surface area contributed by atoms with Gasteiger partial charge in [0.2, 0.25) is 0 Å². The summed E-state index contributed by atoms with van der Waals surface area (Å²) in [5, 5.41) is 32.9. The van der Waals surface area contributed by atoms with Crippen molar-refractivity contribution >= 4 is 18.0 Å². The smallest absolute Gasteiger partial charge is 0.407 e. The summed E-state index contributed by atoms with van der Waals surface area (Å²) in [6, 6.07) is 25.8. The molecule has 2 amide bonds. The van der Waals surface area contributed by atoms with E-state index in [0.717, 1.165) is 43.9 Å². The number of carbonyl (C=O) groups excluding carboxylic acids is 2. The molecule has 4 N–H and O–H groups in total. The number of carboxylic acids is 1. The van der Waals surface area contributed by atoms with Crippen molar-refractivity contribution in [2.24, 2.45) is 0 Å². The normalized spacial score (nSPS) is 17.9. The molecule has 3 aromatic rings. The minimum Gasteiger partial charge on any atom is -0.491 e. The third kappa shape index (κ3) is 13.7. The van der Waals surface area contributed by atoms with Crippen LogP contribution in [-0.2, 0) is 14.3 Å². The number of hydrogen-bond donors (Lipinski definition) is 4. The molecule has 13 nitrogen and oxygen atoms in total. The average molecular weight is 702 g/mol. The maximum absolute atomic E-state index is 11.8. The van der Waals surface area contributed by atoms with Gasteiger partial charge in [0.15, 0.2) is 0 Å². The van der Waals surface area contributed by atoms with Crippen molar-refractivity contribution in [2.45, 2.75) is 44.7 Å². The fourth-order valence-electron chi connectivity index (χ4n) is 5.69. The summed E-state index contributed by atoms with van der Waals surface area (Å²) in [6.07, 6.45) is -0.848. The van der Waals surface area contributed by atoms with Crippen LogP contribution in [0.2, 0.25) is 0 Å². The molecular weight excluding hydrogens is 654 g/mol. The van der Waals surface area contributed by atoms with E-state index in [-0.39, 0.29) is 31.3 Å². The van der Waals surface area contributed by atoms with E-state index in [1.165, 1.54) is 0 Å². The van der Waals surface area contributed by atoms with E-state index in [4.69, 9.17) is 24.6 Å². The number of morpholine rings is 2. The molecule has 2 heterocycles. The molecule has 51 heavy (non-hydrogen) atoms. The van der Waals surface area contributed by atoms with Crippen molar-refractivity contribution in [3.05, 3.63) is 90.0 Å². The van der Waals surface area contributed by atoms with Crippen LogP contribution < -0.4 is 15.4 Å². The number of hydrogen-bond acceptors (Lipinski definition) is 10. The molecule has 3 aromatic carbocycles. The largest absolute Gasteiger partial charge is 0.491 e. The number of carboxylic acid groups (broad SMARTS) is 1. The second-order valence-corrected chi connectivity index (χ2v) is 13.4. The number of β-amino-alcohol motifs (C(OH)–C–C–N with tert-alkyl or cyclic N) is 1. The predicted molar refractivity (Wildman–Crippen MR) is 190 cm³/mol. The molecule has 2 aliphatic rings. The molecule has 272 valence electrons. The van der Waals surface area contributed by atoms with Crippen LogP contribution in [0.3, 0.4) is 0 Å². The lowest BCUT2D eigenvalue weighted by Gasteiger charge is -2.46. The molecule has 0 aliphatic carbocycles. The molecule has 2 bridgehead atoms.